The molecular weight excluding hydrogens is 356 g/mol. The Hall–Kier alpha value is -1.64. The molecule has 1 aliphatic rings. The highest BCUT2D eigenvalue weighted by molar-refractivity contribution is 7.89. The molecular formula is C18H28N2O5S. The second-order valence-electron chi connectivity index (χ2n) is 6.51. The van der Waals surface area contributed by atoms with Gasteiger partial charge in [-0.1, -0.05) is 12.8 Å². The number of nitrogens with one attached hydrogen (secondary N) is 1. The van der Waals surface area contributed by atoms with E-state index >= 15 is 0 Å². The summed E-state index contributed by atoms with van der Waals surface area (Å²) in [7, 11) is -0.734. The minimum absolute atomic E-state index is 0.0361. The van der Waals surface area contributed by atoms with Crippen LogP contribution in [0.5, 0.6) is 5.75 Å². The molecule has 0 spiro atoms. The minimum Gasteiger partial charge on any atom is -0.495 e. The van der Waals surface area contributed by atoms with E-state index in [2.05, 4.69) is 5.32 Å². The molecule has 0 aromatic heterocycles. The van der Waals surface area contributed by atoms with E-state index in [0.29, 0.717) is 19.7 Å². The Morgan fingerprint density at radius 1 is 1.19 bits per heavy atom. The maximum atomic E-state index is 13.1. The predicted octanol–water partition coefficient (Wildman–Crippen LogP) is 2.02. The van der Waals surface area contributed by atoms with Gasteiger partial charge in [0.05, 0.1) is 13.7 Å². The van der Waals surface area contributed by atoms with Gasteiger partial charge in [-0.2, -0.15) is 4.31 Å². The zero-order valence-electron chi connectivity index (χ0n) is 15.7. The molecule has 1 fully saturated rings. The molecule has 1 aromatic carbocycles. The van der Waals surface area contributed by atoms with E-state index in [1.165, 1.54) is 23.5 Å². The van der Waals surface area contributed by atoms with Gasteiger partial charge in [-0.15, -0.1) is 0 Å². The Kier molecular flexibility index (Phi) is 7.43. The molecule has 0 radical (unpaired) electrons. The lowest BCUT2D eigenvalue weighted by atomic mass is 10.2. The zero-order chi connectivity index (χ0) is 19.2. The van der Waals surface area contributed by atoms with Crippen molar-refractivity contribution in [1.29, 1.82) is 0 Å². The second kappa shape index (κ2) is 9.34. The molecule has 1 atom stereocenters. The summed E-state index contributed by atoms with van der Waals surface area (Å²) in [6, 6.07) is 4.31. The first kappa shape index (κ1) is 20.7. The third-order valence-corrected chi connectivity index (χ3v) is 6.32. The highest BCUT2D eigenvalue weighted by Gasteiger charge is 2.29. The smallest absolute Gasteiger partial charge is 0.251 e. The summed E-state index contributed by atoms with van der Waals surface area (Å²) < 4.78 is 38.0. The zero-order valence-corrected chi connectivity index (χ0v) is 16.5. The summed E-state index contributed by atoms with van der Waals surface area (Å²) in [5, 5.41) is 2.79. The molecule has 1 heterocycles. The quantitative estimate of drug-likeness (QED) is 0.777. The molecule has 8 heteroatoms. The summed E-state index contributed by atoms with van der Waals surface area (Å²) in [6.45, 7) is 3.18. The van der Waals surface area contributed by atoms with Gasteiger partial charge in [0.2, 0.25) is 10.0 Å². The fourth-order valence-corrected chi connectivity index (χ4v) is 4.74. The normalized spacial score (nSPS) is 17.3. The van der Waals surface area contributed by atoms with Crippen LogP contribution in [0.25, 0.3) is 0 Å². The number of amides is 1. The lowest BCUT2D eigenvalue weighted by Gasteiger charge is -2.22. The Bertz CT molecular complexity index is 712. The van der Waals surface area contributed by atoms with Crippen molar-refractivity contribution in [1.82, 2.24) is 9.62 Å². The van der Waals surface area contributed by atoms with Gasteiger partial charge in [0, 0.05) is 31.8 Å². The summed E-state index contributed by atoms with van der Waals surface area (Å²) >= 11 is 0. The van der Waals surface area contributed by atoms with Gasteiger partial charge < -0.3 is 14.8 Å². The SMILES string of the molecule is COC[C@@H](C)NC(=O)c1ccc(OC)c(S(=O)(=O)N2CCCCCC2)c1. The third-order valence-electron chi connectivity index (χ3n) is 4.40. The van der Waals surface area contributed by atoms with E-state index in [0.717, 1.165) is 25.7 Å². The van der Waals surface area contributed by atoms with E-state index in [1.807, 2.05) is 6.92 Å². The number of carbonyl (C=O) groups excluding carboxylic acids is 1. The van der Waals surface area contributed by atoms with Crippen molar-refractivity contribution >= 4 is 15.9 Å². The van der Waals surface area contributed by atoms with E-state index in [1.54, 1.807) is 13.2 Å². The van der Waals surface area contributed by atoms with Crippen molar-refractivity contribution in [2.45, 2.75) is 43.5 Å². The van der Waals surface area contributed by atoms with E-state index in [4.69, 9.17) is 9.47 Å². The molecule has 0 aliphatic carbocycles. The van der Waals surface area contributed by atoms with Gasteiger partial charge in [0.15, 0.2) is 0 Å². The van der Waals surface area contributed by atoms with Crippen LogP contribution >= 0.6 is 0 Å². The predicted molar refractivity (Wildman–Crippen MR) is 99.0 cm³/mol. The second-order valence-corrected chi connectivity index (χ2v) is 8.42. The van der Waals surface area contributed by atoms with Crippen LogP contribution in [0.15, 0.2) is 23.1 Å². The number of hydrogen-bond donors (Lipinski definition) is 1. The number of nitrogens with zero attached hydrogens (tertiary/aromatic N) is 1. The van der Waals surface area contributed by atoms with Crippen molar-refractivity contribution in [2.75, 3.05) is 33.9 Å². The van der Waals surface area contributed by atoms with Gasteiger partial charge >= 0.3 is 0 Å². The molecule has 0 bridgehead atoms. The Balaban J connectivity index is 2.32. The van der Waals surface area contributed by atoms with Gasteiger partial charge in [-0.05, 0) is 38.0 Å². The number of carbonyl (C=O) groups is 1. The summed E-state index contributed by atoms with van der Waals surface area (Å²) in [5.74, 6) is -0.0970. The molecule has 1 N–H and O–H groups in total. The molecule has 1 saturated heterocycles. The highest BCUT2D eigenvalue weighted by Crippen LogP contribution is 2.29. The molecule has 0 saturated carbocycles. The van der Waals surface area contributed by atoms with E-state index in [-0.39, 0.29) is 28.2 Å². The third kappa shape index (κ3) is 4.96. The van der Waals surface area contributed by atoms with Crippen molar-refractivity contribution in [3.8, 4) is 5.75 Å². The average Bonchev–Trinajstić information content (AvgIpc) is 2.91. The van der Waals surface area contributed by atoms with Gasteiger partial charge in [0.1, 0.15) is 10.6 Å². The summed E-state index contributed by atoms with van der Waals surface area (Å²) in [6.07, 6.45) is 3.75. The van der Waals surface area contributed by atoms with Gasteiger partial charge in [-0.3, -0.25) is 4.79 Å². The Morgan fingerprint density at radius 2 is 1.85 bits per heavy atom. The fraction of sp³-hybridized carbons (Fsp3) is 0.611. The summed E-state index contributed by atoms with van der Waals surface area (Å²) in [4.78, 5) is 12.5. The molecule has 7 nitrogen and oxygen atoms in total. The molecule has 1 aromatic rings. The van der Waals surface area contributed by atoms with Gasteiger partial charge in [0.25, 0.3) is 5.91 Å². The number of rotatable bonds is 7. The van der Waals surface area contributed by atoms with Crippen LogP contribution in [-0.4, -0.2) is 58.6 Å². The molecule has 26 heavy (non-hydrogen) atoms. The molecule has 146 valence electrons. The first-order chi connectivity index (χ1) is 12.4. The lowest BCUT2D eigenvalue weighted by Crippen LogP contribution is -2.36. The number of ether oxygens (including phenoxy) is 2. The van der Waals surface area contributed by atoms with Crippen LogP contribution in [0.2, 0.25) is 0 Å². The van der Waals surface area contributed by atoms with E-state index < -0.39 is 10.0 Å². The van der Waals surface area contributed by atoms with Crippen molar-refractivity contribution < 1.29 is 22.7 Å². The molecule has 0 unspecified atom stereocenters. The van der Waals surface area contributed by atoms with Crippen LogP contribution in [-0.2, 0) is 14.8 Å². The first-order valence-electron chi connectivity index (χ1n) is 8.88. The van der Waals surface area contributed by atoms with Crippen LogP contribution in [0, 0.1) is 0 Å². The molecule has 2 rings (SSSR count). The lowest BCUT2D eigenvalue weighted by molar-refractivity contribution is 0.0905. The Labute approximate surface area is 155 Å². The molecule has 1 amide bonds. The van der Waals surface area contributed by atoms with Crippen LogP contribution in [0.1, 0.15) is 43.0 Å². The minimum atomic E-state index is -3.72. The number of sulfonamides is 1. The van der Waals surface area contributed by atoms with Crippen LogP contribution in [0.3, 0.4) is 0 Å². The van der Waals surface area contributed by atoms with Gasteiger partial charge in [-0.25, -0.2) is 8.42 Å². The maximum absolute atomic E-state index is 13.1. The van der Waals surface area contributed by atoms with Crippen molar-refractivity contribution in [3.63, 3.8) is 0 Å². The first-order valence-corrected chi connectivity index (χ1v) is 10.3. The standard InChI is InChI=1S/C18H28N2O5S/c1-14(13-24-2)19-18(21)15-8-9-16(25-3)17(12-15)26(22,23)20-10-6-4-5-7-11-20/h8-9,12,14H,4-7,10-11,13H2,1-3H3,(H,19,21)/t14-/m1/s1. The topological polar surface area (TPSA) is 84.9 Å². The average molecular weight is 384 g/mol. The maximum Gasteiger partial charge on any atom is 0.251 e. The van der Waals surface area contributed by atoms with Crippen molar-refractivity contribution in [3.05, 3.63) is 23.8 Å². The largest absolute Gasteiger partial charge is 0.495 e. The number of methoxy groups -OCH3 is 2. The fourth-order valence-electron chi connectivity index (χ4n) is 3.04. The Morgan fingerprint density at radius 3 is 2.42 bits per heavy atom. The number of benzene rings is 1. The van der Waals surface area contributed by atoms with E-state index in [9.17, 15) is 13.2 Å². The van der Waals surface area contributed by atoms with Crippen molar-refractivity contribution in [2.24, 2.45) is 0 Å². The highest BCUT2D eigenvalue weighted by atomic mass is 32.2. The number of hydrogen-bond acceptors (Lipinski definition) is 5. The van der Waals surface area contributed by atoms with Crippen LogP contribution < -0.4 is 10.1 Å². The molecule has 1 aliphatic heterocycles. The monoisotopic (exact) mass is 384 g/mol. The van der Waals surface area contributed by atoms with Crippen LogP contribution in [0.4, 0.5) is 0 Å². The summed E-state index contributed by atoms with van der Waals surface area (Å²) in [5.41, 5.74) is 0.280.